The summed E-state index contributed by atoms with van der Waals surface area (Å²) in [4.78, 5) is 14.4. The van der Waals surface area contributed by atoms with Crippen molar-refractivity contribution in [3.05, 3.63) is 29.8 Å². The standard InChI is InChI=1S/C16H22F2N2O2/c1-10(9-22-15-5-4-12(17)8-14(15)18)19-16(21)13-6-7-20(3)11(13)2/h4-5,8,10-11,13H,6-7,9H2,1-3H3,(H,19,21)/t10-,11+,13-/m1/s1. The summed E-state index contributed by atoms with van der Waals surface area (Å²) in [5.74, 6) is -1.45. The van der Waals surface area contributed by atoms with Gasteiger partial charge in [-0.15, -0.1) is 0 Å². The lowest BCUT2D eigenvalue weighted by molar-refractivity contribution is -0.126. The van der Waals surface area contributed by atoms with Gasteiger partial charge in [0.25, 0.3) is 0 Å². The molecule has 6 heteroatoms. The summed E-state index contributed by atoms with van der Waals surface area (Å²) in [7, 11) is 2.00. The number of rotatable bonds is 5. The molecular formula is C16H22F2N2O2. The molecule has 0 unspecified atom stereocenters. The van der Waals surface area contributed by atoms with Crippen molar-refractivity contribution in [2.24, 2.45) is 5.92 Å². The summed E-state index contributed by atoms with van der Waals surface area (Å²) >= 11 is 0. The number of carbonyl (C=O) groups is 1. The second-order valence-electron chi connectivity index (χ2n) is 5.91. The van der Waals surface area contributed by atoms with E-state index in [1.54, 1.807) is 6.92 Å². The first kappa shape index (κ1) is 16.7. The topological polar surface area (TPSA) is 41.6 Å². The van der Waals surface area contributed by atoms with Crippen molar-refractivity contribution in [2.45, 2.75) is 32.4 Å². The fourth-order valence-electron chi connectivity index (χ4n) is 2.64. The SMILES string of the molecule is C[C@H](COc1ccc(F)cc1F)NC(=O)[C@@H]1CCN(C)[C@H]1C. The molecule has 1 aromatic rings. The monoisotopic (exact) mass is 312 g/mol. The van der Waals surface area contributed by atoms with E-state index in [1.807, 2.05) is 14.0 Å². The Bertz CT molecular complexity index is 539. The zero-order valence-electron chi connectivity index (χ0n) is 13.1. The largest absolute Gasteiger partial charge is 0.488 e. The molecule has 1 fully saturated rings. The molecule has 4 nitrogen and oxygen atoms in total. The van der Waals surface area contributed by atoms with Gasteiger partial charge in [-0.1, -0.05) is 0 Å². The second-order valence-corrected chi connectivity index (χ2v) is 5.91. The first-order chi connectivity index (χ1) is 10.4. The minimum Gasteiger partial charge on any atom is -0.488 e. The molecular weight excluding hydrogens is 290 g/mol. The van der Waals surface area contributed by atoms with Crippen LogP contribution in [0.4, 0.5) is 8.78 Å². The van der Waals surface area contributed by atoms with Crippen LogP contribution in [0.1, 0.15) is 20.3 Å². The van der Waals surface area contributed by atoms with Gasteiger partial charge in [0, 0.05) is 12.1 Å². The highest BCUT2D eigenvalue weighted by Gasteiger charge is 2.33. The molecule has 1 N–H and O–H groups in total. The van der Waals surface area contributed by atoms with E-state index in [4.69, 9.17) is 4.74 Å². The van der Waals surface area contributed by atoms with E-state index < -0.39 is 11.6 Å². The third-order valence-corrected chi connectivity index (χ3v) is 4.18. The van der Waals surface area contributed by atoms with Crippen LogP contribution in [-0.4, -0.2) is 43.1 Å². The number of hydrogen-bond donors (Lipinski definition) is 1. The summed E-state index contributed by atoms with van der Waals surface area (Å²) in [5.41, 5.74) is 0. The van der Waals surface area contributed by atoms with Crippen LogP contribution in [0.15, 0.2) is 18.2 Å². The minimum atomic E-state index is -0.746. The Balaban J connectivity index is 1.82. The van der Waals surface area contributed by atoms with Gasteiger partial charge in [0.2, 0.25) is 5.91 Å². The lowest BCUT2D eigenvalue weighted by atomic mass is 10.0. The van der Waals surface area contributed by atoms with Gasteiger partial charge in [-0.2, -0.15) is 0 Å². The van der Waals surface area contributed by atoms with Crippen molar-refractivity contribution in [1.82, 2.24) is 10.2 Å². The van der Waals surface area contributed by atoms with Crippen molar-refractivity contribution in [1.29, 1.82) is 0 Å². The molecule has 0 bridgehead atoms. The number of nitrogens with zero attached hydrogens (tertiary/aromatic N) is 1. The smallest absolute Gasteiger partial charge is 0.225 e. The molecule has 0 saturated carbocycles. The van der Waals surface area contributed by atoms with E-state index in [0.29, 0.717) is 0 Å². The minimum absolute atomic E-state index is 0.00692. The van der Waals surface area contributed by atoms with Gasteiger partial charge in [-0.05, 0) is 46.0 Å². The average molecular weight is 312 g/mol. The van der Waals surface area contributed by atoms with Crippen LogP contribution in [-0.2, 0) is 4.79 Å². The molecule has 1 aromatic carbocycles. The van der Waals surface area contributed by atoms with Crippen LogP contribution < -0.4 is 10.1 Å². The van der Waals surface area contributed by atoms with Gasteiger partial charge < -0.3 is 15.0 Å². The van der Waals surface area contributed by atoms with E-state index >= 15 is 0 Å². The number of carbonyl (C=O) groups excluding carboxylic acids is 1. The number of likely N-dealkylation sites (tertiary alicyclic amines) is 1. The third kappa shape index (κ3) is 3.94. The van der Waals surface area contributed by atoms with Gasteiger partial charge in [0.15, 0.2) is 11.6 Å². The Kier molecular flexibility index (Phi) is 5.34. The molecule has 122 valence electrons. The number of ether oxygens (including phenoxy) is 1. The average Bonchev–Trinajstić information content (AvgIpc) is 2.78. The molecule has 1 aliphatic rings. The van der Waals surface area contributed by atoms with Gasteiger partial charge in [-0.3, -0.25) is 4.79 Å². The predicted molar refractivity (Wildman–Crippen MR) is 79.7 cm³/mol. The normalized spacial score (nSPS) is 23.3. The summed E-state index contributed by atoms with van der Waals surface area (Å²) in [6.45, 7) is 4.87. The fraction of sp³-hybridized carbons (Fsp3) is 0.562. The molecule has 0 aliphatic carbocycles. The van der Waals surface area contributed by atoms with Crippen molar-refractivity contribution < 1.29 is 18.3 Å². The number of amides is 1. The lowest BCUT2D eigenvalue weighted by Crippen LogP contribution is -2.43. The fourth-order valence-corrected chi connectivity index (χ4v) is 2.64. The Labute approximate surface area is 129 Å². The Morgan fingerprint density at radius 2 is 2.23 bits per heavy atom. The zero-order chi connectivity index (χ0) is 16.3. The van der Waals surface area contributed by atoms with Gasteiger partial charge >= 0.3 is 0 Å². The van der Waals surface area contributed by atoms with E-state index in [-0.39, 0.29) is 36.3 Å². The van der Waals surface area contributed by atoms with Crippen molar-refractivity contribution in [3.63, 3.8) is 0 Å². The maximum Gasteiger partial charge on any atom is 0.225 e. The summed E-state index contributed by atoms with van der Waals surface area (Å²) < 4.78 is 31.5. The number of nitrogens with one attached hydrogen (secondary N) is 1. The summed E-state index contributed by atoms with van der Waals surface area (Å²) in [6, 6.07) is 3.11. The van der Waals surface area contributed by atoms with Gasteiger partial charge in [0.05, 0.1) is 12.0 Å². The molecule has 1 aliphatic heterocycles. The summed E-state index contributed by atoms with van der Waals surface area (Å²) in [6.07, 6.45) is 0.837. The number of halogens is 2. The van der Waals surface area contributed by atoms with E-state index in [9.17, 15) is 13.6 Å². The van der Waals surface area contributed by atoms with Crippen LogP contribution in [0.5, 0.6) is 5.75 Å². The van der Waals surface area contributed by atoms with Gasteiger partial charge in [-0.25, -0.2) is 8.78 Å². The van der Waals surface area contributed by atoms with Crippen molar-refractivity contribution in [2.75, 3.05) is 20.2 Å². The third-order valence-electron chi connectivity index (χ3n) is 4.18. The lowest BCUT2D eigenvalue weighted by Gasteiger charge is -2.22. The number of benzene rings is 1. The van der Waals surface area contributed by atoms with E-state index in [1.165, 1.54) is 6.07 Å². The first-order valence-corrected chi connectivity index (χ1v) is 7.47. The van der Waals surface area contributed by atoms with Crippen LogP contribution in [0, 0.1) is 17.6 Å². The number of hydrogen-bond acceptors (Lipinski definition) is 3. The highest BCUT2D eigenvalue weighted by molar-refractivity contribution is 5.80. The maximum absolute atomic E-state index is 13.4. The van der Waals surface area contributed by atoms with E-state index in [2.05, 4.69) is 10.2 Å². The van der Waals surface area contributed by atoms with Crippen LogP contribution in [0.3, 0.4) is 0 Å². The van der Waals surface area contributed by atoms with Crippen LogP contribution in [0.2, 0.25) is 0 Å². The molecule has 3 atom stereocenters. The summed E-state index contributed by atoms with van der Waals surface area (Å²) in [5, 5.41) is 2.89. The van der Waals surface area contributed by atoms with Crippen LogP contribution >= 0.6 is 0 Å². The second kappa shape index (κ2) is 7.05. The Morgan fingerprint density at radius 3 is 2.82 bits per heavy atom. The first-order valence-electron chi connectivity index (χ1n) is 7.47. The maximum atomic E-state index is 13.4. The van der Waals surface area contributed by atoms with Gasteiger partial charge in [0.1, 0.15) is 12.4 Å². The Hall–Kier alpha value is -1.69. The molecule has 2 rings (SSSR count). The molecule has 22 heavy (non-hydrogen) atoms. The molecule has 1 heterocycles. The highest BCUT2D eigenvalue weighted by Crippen LogP contribution is 2.22. The highest BCUT2D eigenvalue weighted by atomic mass is 19.1. The predicted octanol–water partition coefficient (Wildman–Crippen LogP) is 2.19. The van der Waals surface area contributed by atoms with E-state index in [0.717, 1.165) is 25.1 Å². The molecule has 1 saturated heterocycles. The Morgan fingerprint density at radius 1 is 1.50 bits per heavy atom. The molecule has 1 amide bonds. The molecule has 0 spiro atoms. The molecule has 0 aromatic heterocycles. The molecule has 0 radical (unpaired) electrons. The zero-order valence-corrected chi connectivity index (χ0v) is 13.1. The van der Waals surface area contributed by atoms with Crippen molar-refractivity contribution >= 4 is 5.91 Å². The van der Waals surface area contributed by atoms with Crippen molar-refractivity contribution in [3.8, 4) is 5.75 Å². The quantitative estimate of drug-likeness (QED) is 0.906. The van der Waals surface area contributed by atoms with Crippen LogP contribution in [0.25, 0.3) is 0 Å².